The third-order valence-electron chi connectivity index (χ3n) is 4.64. The Morgan fingerprint density at radius 3 is 2.32 bits per heavy atom. The number of unbranched alkanes of at least 4 members (excludes halogenated alkanes) is 1. The van der Waals surface area contributed by atoms with Crippen LogP contribution in [-0.2, 0) is 22.6 Å². The van der Waals surface area contributed by atoms with E-state index in [1.165, 1.54) is 18.5 Å². The maximum absolute atomic E-state index is 9.66. The van der Waals surface area contributed by atoms with Crippen LogP contribution in [0.5, 0.6) is 0 Å². The quantitative estimate of drug-likeness (QED) is 0.587. The number of aliphatic hydroxyl groups excluding tert-OH is 1. The molecule has 1 saturated carbocycles. The lowest BCUT2D eigenvalue weighted by Gasteiger charge is -2.16. The Balaban J connectivity index is 0.000000460. The van der Waals surface area contributed by atoms with Crippen molar-refractivity contribution in [3.8, 4) is 0 Å². The van der Waals surface area contributed by atoms with E-state index >= 15 is 0 Å². The van der Waals surface area contributed by atoms with Crippen molar-refractivity contribution < 1.29 is 24.9 Å². The zero-order chi connectivity index (χ0) is 18.7. The van der Waals surface area contributed by atoms with Crippen LogP contribution in [-0.4, -0.2) is 62.3 Å². The number of nitrogens with zero attached hydrogens (tertiary/aromatic N) is 2. The van der Waals surface area contributed by atoms with Gasteiger partial charge in [0.1, 0.15) is 5.82 Å². The minimum absolute atomic E-state index is 0.0371. The summed E-state index contributed by atoms with van der Waals surface area (Å²) in [5, 5.41) is 23.4. The largest absolute Gasteiger partial charge is 0.483 e. The van der Waals surface area contributed by atoms with Crippen LogP contribution in [0.4, 0.5) is 0 Å². The normalized spacial score (nSPS) is 24.5. The number of H-pyrrole nitrogens is 1. The van der Waals surface area contributed by atoms with Crippen molar-refractivity contribution >= 4 is 12.9 Å². The lowest BCUT2D eigenvalue weighted by molar-refractivity contribution is -0.123. The number of fused-ring (bicyclic) bond motifs is 1. The molecule has 1 aliphatic carbocycles. The van der Waals surface area contributed by atoms with Gasteiger partial charge in [0.05, 0.1) is 6.10 Å². The molecule has 1 aromatic rings. The molecule has 0 radical (unpaired) electrons. The Labute approximate surface area is 147 Å². The van der Waals surface area contributed by atoms with Gasteiger partial charge < -0.3 is 20.3 Å². The van der Waals surface area contributed by atoms with E-state index in [0.29, 0.717) is 0 Å². The lowest BCUT2D eigenvalue weighted by Crippen LogP contribution is -2.22. The van der Waals surface area contributed by atoms with Gasteiger partial charge in [-0.05, 0) is 31.1 Å². The monoisotopic (exact) mass is 355 g/mol. The summed E-state index contributed by atoms with van der Waals surface area (Å²) in [6.45, 7) is 4.99. The smallest absolute Gasteiger partial charge is 0.290 e. The van der Waals surface area contributed by atoms with E-state index in [1.54, 1.807) is 0 Å². The fourth-order valence-electron chi connectivity index (χ4n) is 3.69. The molecule has 1 aromatic heterocycles. The Morgan fingerprint density at radius 2 is 1.80 bits per heavy atom. The Hall–Kier alpha value is -1.93. The summed E-state index contributed by atoms with van der Waals surface area (Å²) in [6.07, 6.45) is 7.46. The predicted octanol–water partition coefficient (Wildman–Crippen LogP) is 1.36. The number of carboxylic acid groups (broad SMARTS) is 2. The highest BCUT2D eigenvalue weighted by Gasteiger charge is 2.40. The zero-order valence-electron chi connectivity index (χ0n) is 14.7. The third kappa shape index (κ3) is 7.23. The molecule has 1 aliphatic heterocycles. The van der Waals surface area contributed by atoms with Gasteiger partial charge in [0.2, 0.25) is 0 Å². The number of hydrogen-bond donors (Lipinski definition) is 4. The number of carbonyl (C=O) groups is 2. The molecule has 4 N–H and O–H groups in total. The van der Waals surface area contributed by atoms with E-state index in [0.717, 1.165) is 56.6 Å². The first-order valence-corrected chi connectivity index (χ1v) is 8.66. The topological polar surface area (TPSA) is 127 Å². The molecule has 3 rings (SSSR count). The average molecular weight is 355 g/mol. The Bertz CT molecular complexity index is 488. The van der Waals surface area contributed by atoms with Crippen molar-refractivity contribution in [2.75, 3.05) is 13.1 Å². The van der Waals surface area contributed by atoms with Gasteiger partial charge in [0.25, 0.3) is 12.9 Å². The SMILES string of the molecule is CCCCc1ncc(CN2C[C@H]3CC(O)C[C@H]3C2)[nH]1.O=CO.O=CO. The highest BCUT2D eigenvalue weighted by atomic mass is 16.3. The molecule has 8 nitrogen and oxygen atoms in total. The van der Waals surface area contributed by atoms with E-state index in [9.17, 15) is 5.11 Å². The molecule has 142 valence electrons. The van der Waals surface area contributed by atoms with Crippen molar-refractivity contribution in [1.82, 2.24) is 14.9 Å². The van der Waals surface area contributed by atoms with E-state index in [1.807, 2.05) is 6.20 Å². The van der Waals surface area contributed by atoms with Gasteiger partial charge in [-0.1, -0.05) is 13.3 Å². The van der Waals surface area contributed by atoms with Crippen LogP contribution in [0.2, 0.25) is 0 Å². The molecule has 0 bridgehead atoms. The number of aryl methyl sites for hydroxylation is 1. The van der Waals surface area contributed by atoms with Crippen molar-refractivity contribution in [1.29, 1.82) is 0 Å². The second-order valence-corrected chi connectivity index (χ2v) is 6.51. The van der Waals surface area contributed by atoms with Crippen LogP contribution >= 0.6 is 0 Å². The third-order valence-corrected chi connectivity index (χ3v) is 4.64. The molecule has 8 heteroatoms. The molecular formula is C17H29N3O5. The van der Waals surface area contributed by atoms with Gasteiger partial charge >= 0.3 is 0 Å². The number of aliphatic hydroxyl groups is 1. The molecule has 0 aromatic carbocycles. The van der Waals surface area contributed by atoms with Crippen molar-refractivity contribution in [2.24, 2.45) is 11.8 Å². The predicted molar refractivity (Wildman–Crippen MR) is 92.1 cm³/mol. The van der Waals surface area contributed by atoms with Gasteiger partial charge in [0.15, 0.2) is 0 Å². The Kier molecular flexibility index (Phi) is 9.79. The average Bonchev–Trinajstić information content (AvgIpc) is 3.22. The van der Waals surface area contributed by atoms with E-state index in [2.05, 4.69) is 21.8 Å². The molecule has 1 saturated heterocycles. The van der Waals surface area contributed by atoms with Gasteiger partial charge in [0, 0.05) is 37.9 Å². The number of hydrogen-bond acceptors (Lipinski definition) is 5. The summed E-state index contributed by atoms with van der Waals surface area (Å²) in [7, 11) is 0. The van der Waals surface area contributed by atoms with E-state index in [4.69, 9.17) is 19.8 Å². The highest BCUT2D eigenvalue weighted by Crippen LogP contribution is 2.38. The minimum atomic E-state index is -0.250. The van der Waals surface area contributed by atoms with Gasteiger partial charge in [-0.25, -0.2) is 4.98 Å². The maximum Gasteiger partial charge on any atom is 0.290 e. The Morgan fingerprint density at radius 1 is 1.24 bits per heavy atom. The molecule has 3 atom stereocenters. The van der Waals surface area contributed by atoms with Crippen LogP contribution < -0.4 is 0 Å². The number of rotatable bonds is 5. The van der Waals surface area contributed by atoms with Crippen LogP contribution in [0.3, 0.4) is 0 Å². The van der Waals surface area contributed by atoms with Gasteiger partial charge in [-0.15, -0.1) is 0 Å². The van der Waals surface area contributed by atoms with E-state index in [-0.39, 0.29) is 19.0 Å². The first-order valence-electron chi connectivity index (χ1n) is 8.66. The fourth-order valence-corrected chi connectivity index (χ4v) is 3.69. The lowest BCUT2D eigenvalue weighted by atomic mass is 10.0. The summed E-state index contributed by atoms with van der Waals surface area (Å²) in [5.41, 5.74) is 1.24. The van der Waals surface area contributed by atoms with Crippen LogP contribution in [0.1, 0.15) is 44.1 Å². The molecule has 0 spiro atoms. The first kappa shape index (κ1) is 21.1. The molecule has 1 unspecified atom stereocenters. The fraction of sp³-hybridized carbons (Fsp3) is 0.706. The second-order valence-electron chi connectivity index (χ2n) is 6.51. The summed E-state index contributed by atoms with van der Waals surface area (Å²) < 4.78 is 0. The standard InChI is InChI=1S/C15H25N3O.2CH2O2/c1-2-3-4-15-16-7-13(17-15)10-18-8-11-5-14(19)6-12(11)9-18;2*2-1-3/h7,11-12,14,19H,2-6,8-10H2,1H3,(H,16,17);2*1H,(H,2,3)/t11-,12+,14?;;. The van der Waals surface area contributed by atoms with Crippen molar-refractivity contribution in [3.05, 3.63) is 17.7 Å². The van der Waals surface area contributed by atoms with E-state index < -0.39 is 0 Å². The van der Waals surface area contributed by atoms with Crippen molar-refractivity contribution in [3.63, 3.8) is 0 Å². The molecular weight excluding hydrogens is 326 g/mol. The molecule has 0 amide bonds. The second kappa shape index (κ2) is 11.6. The zero-order valence-corrected chi connectivity index (χ0v) is 14.7. The van der Waals surface area contributed by atoms with Gasteiger partial charge in [-0.3, -0.25) is 14.5 Å². The summed E-state index contributed by atoms with van der Waals surface area (Å²) in [6, 6.07) is 0. The molecule has 2 heterocycles. The summed E-state index contributed by atoms with van der Waals surface area (Å²) in [4.78, 5) is 27.1. The van der Waals surface area contributed by atoms with Crippen LogP contribution in [0.15, 0.2) is 6.20 Å². The summed E-state index contributed by atoms with van der Waals surface area (Å²) >= 11 is 0. The van der Waals surface area contributed by atoms with Crippen LogP contribution in [0.25, 0.3) is 0 Å². The molecule has 2 aliphatic rings. The number of nitrogens with one attached hydrogen (secondary N) is 1. The number of likely N-dealkylation sites (tertiary alicyclic amines) is 1. The number of aromatic nitrogens is 2. The van der Waals surface area contributed by atoms with Crippen molar-refractivity contribution in [2.45, 2.75) is 51.7 Å². The molecule has 2 fully saturated rings. The molecule has 25 heavy (non-hydrogen) atoms. The first-order chi connectivity index (χ1) is 12.1. The maximum atomic E-state index is 9.66. The van der Waals surface area contributed by atoms with Crippen LogP contribution in [0, 0.1) is 11.8 Å². The number of aromatic amines is 1. The highest BCUT2D eigenvalue weighted by molar-refractivity contribution is 5.33. The summed E-state index contributed by atoms with van der Waals surface area (Å²) in [5.74, 6) is 2.57. The van der Waals surface area contributed by atoms with Gasteiger partial charge in [-0.2, -0.15) is 0 Å². The minimum Gasteiger partial charge on any atom is -0.483 e. The number of imidazole rings is 1.